The van der Waals surface area contributed by atoms with Gasteiger partial charge in [-0.15, -0.1) is 0 Å². The Morgan fingerprint density at radius 2 is 2.08 bits per heavy atom. The van der Waals surface area contributed by atoms with Crippen molar-refractivity contribution in [2.45, 2.75) is 57.8 Å². The van der Waals surface area contributed by atoms with E-state index in [9.17, 15) is 4.79 Å². The lowest BCUT2D eigenvalue weighted by Crippen LogP contribution is -2.50. The number of morpholine rings is 1. The van der Waals surface area contributed by atoms with Crippen molar-refractivity contribution >= 4 is 6.09 Å². The molecule has 2 fully saturated rings. The summed E-state index contributed by atoms with van der Waals surface area (Å²) in [4.78, 5) is 14.1. The summed E-state index contributed by atoms with van der Waals surface area (Å²) in [5, 5.41) is 3.67. The van der Waals surface area contributed by atoms with Gasteiger partial charge >= 0.3 is 6.09 Å². The fourth-order valence-electron chi connectivity index (χ4n) is 3.81. The Balaban J connectivity index is 1.39. The Kier molecular flexibility index (Phi) is 7.32. The van der Waals surface area contributed by atoms with Gasteiger partial charge in [0.15, 0.2) is 0 Å². The minimum Gasteiger partial charge on any atom is -0.445 e. The first-order chi connectivity index (χ1) is 12.7. The lowest BCUT2D eigenvalue weighted by atomic mass is 10.0. The van der Waals surface area contributed by atoms with Crippen LogP contribution in [-0.4, -0.2) is 49.4 Å². The molecule has 3 atom stereocenters. The van der Waals surface area contributed by atoms with E-state index in [-0.39, 0.29) is 12.2 Å². The van der Waals surface area contributed by atoms with E-state index in [0.717, 1.165) is 18.0 Å². The Morgan fingerprint density at radius 3 is 2.92 bits per heavy atom. The third kappa shape index (κ3) is 5.99. The number of hydrogen-bond donors (Lipinski definition) is 1. The predicted octanol–water partition coefficient (Wildman–Crippen LogP) is 3.58. The third-order valence-electron chi connectivity index (χ3n) is 5.49. The molecule has 3 unspecified atom stereocenters. The molecule has 5 nitrogen and oxygen atoms in total. The van der Waals surface area contributed by atoms with Gasteiger partial charge in [-0.3, -0.25) is 0 Å². The minimum absolute atomic E-state index is 0.0497. The first-order valence-electron chi connectivity index (χ1n) is 10.0. The van der Waals surface area contributed by atoms with E-state index in [2.05, 4.69) is 12.2 Å². The number of nitrogens with zero attached hydrogens (tertiary/aromatic N) is 1. The summed E-state index contributed by atoms with van der Waals surface area (Å²) in [7, 11) is 0. The van der Waals surface area contributed by atoms with Crippen LogP contribution in [0.2, 0.25) is 0 Å². The molecule has 1 heterocycles. The van der Waals surface area contributed by atoms with Crippen LogP contribution >= 0.6 is 0 Å². The standard InChI is InChI=1S/C21H32N2O3/c1-17-6-5-9-19(11-10-17)22-14-20-15-23(12-13-25-20)21(24)26-16-18-7-3-2-4-8-18/h2-4,7-8,17,19-20,22H,5-6,9-16H2,1H3. The first kappa shape index (κ1) is 19.2. The van der Waals surface area contributed by atoms with E-state index in [4.69, 9.17) is 9.47 Å². The number of amides is 1. The van der Waals surface area contributed by atoms with Gasteiger partial charge in [-0.1, -0.05) is 50.1 Å². The van der Waals surface area contributed by atoms with E-state index in [1.165, 1.54) is 32.1 Å². The molecule has 0 spiro atoms. The van der Waals surface area contributed by atoms with Crippen molar-refractivity contribution in [3.8, 4) is 0 Å². The SMILES string of the molecule is CC1CCCC(NCC2CN(C(=O)OCc3ccccc3)CCO2)CC1. The lowest BCUT2D eigenvalue weighted by Gasteiger charge is -2.33. The van der Waals surface area contributed by atoms with Crippen molar-refractivity contribution in [1.82, 2.24) is 10.2 Å². The second-order valence-electron chi connectivity index (χ2n) is 7.70. The molecule has 0 aromatic heterocycles. The number of carbonyl (C=O) groups excluding carboxylic acids is 1. The van der Waals surface area contributed by atoms with Gasteiger partial charge in [0.1, 0.15) is 6.61 Å². The number of rotatable bonds is 5. The molecule has 2 aliphatic rings. The maximum atomic E-state index is 12.3. The zero-order valence-corrected chi connectivity index (χ0v) is 15.9. The second kappa shape index (κ2) is 9.93. The number of hydrogen-bond acceptors (Lipinski definition) is 4. The zero-order valence-electron chi connectivity index (χ0n) is 15.9. The number of benzene rings is 1. The fourth-order valence-corrected chi connectivity index (χ4v) is 3.81. The van der Waals surface area contributed by atoms with Crippen LogP contribution in [0.3, 0.4) is 0 Å². The lowest BCUT2D eigenvalue weighted by molar-refractivity contribution is -0.0281. The van der Waals surface area contributed by atoms with E-state index in [1.807, 2.05) is 30.3 Å². The van der Waals surface area contributed by atoms with Crippen molar-refractivity contribution in [2.24, 2.45) is 5.92 Å². The Hall–Kier alpha value is -1.59. The Labute approximate surface area is 157 Å². The number of ether oxygens (including phenoxy) is 2. The number of nitrogens with one attached hydrogen (secondary N) is 1. The van der Waals surface area contributed by atoms with E-state index in [1.54, 1.807) is 4.90 Å². The highest BCUT2D eigenvalue weighted by Gasteiger charge is 2.26. The summed E-state index contributed by atoms with van der Waals surface area (Å²) < 4.78 is 11.3. The maximum absolute atomic E-state index is 12.3. The van der Waals surface area contributed by atoms with Crippen molar-refractivity contribution in [3.05, 3.63) is 35.9 Å². The second-order valence-corrected chi connectivity index (χ2v) is 7.70. The van der Waals surface area contributed by atoms with Crippen LogP contribution in [-0.2, 0) is 16.1 Å². The molecule has 0 bridgehead atoms. The molecule has 5 heteroatoms. The monoisotopic (exact) mass is 360 g/mol. The molecule has 26 heavy (non-hydrogen) atoms. The van der Waals surface area contributed by atoms with Gasteiger partial charge in [0.2, 0.25) is 0 Å². The third-order valence-corrected chi connectivity index (χ3v) is 5.49. The Morgan fingerprint density at radius 1 is 1.23 bits per heavy atom. The molecule has 1 amide bonds. The van der Waals surface area contributed by atoms with Gasteiger partial charge in [0, 0.05) is 19.1 Å². The van der Waals surface area contributed by atoms with Crippen LogP contribution in [0.25, 0.3) is 0 Å². The van der Waals surface area contributed by atoms with Crippen LogP contribution in [0.1, 0.15) is 44.6 Å². The molecule has 0 radical (unpaired) electrons. The van der Waals surface area contributed by atoms with Crippen LogP contribution < -0.4 is 5.32 Å². The average molecular weight is 360 g/mol. The molecule has 1 saturated carbocycles. The summed E-state index contributed by atoms with van der Waals surface area (Å²) in [5.74, 6) is 0.850. The molecule has 1 aliphatic heterocycles. The highest BCUT2D eigenvalue weighted by Crippen LogP contribution is 2.22. The summed E-state index contributed by atoms with van der Waals surface area (Å²) in [5.41, 5.74) is 1.01. The van der Waals surface area contributed by atoms with E-state index in [0.29, 0.717) is 32.3 Å². The van der Waals surface area contributed by atoms with Gasteiger partial charge in [-0.2, -0.15) is 0 Å². The van der Waals surface area contributed by atoms with Crippen molar-refractivity contribution in [2.75, 3.05) is 26.2 Å². The first-order valence-corrected chi connectivity index (χ1v) is 10.0. The summed E-state index contributed by atoms with van der Waals surface area (Å²) in [6, 6.07) is 10.4. The molecule has 1 aliphatic carbocycles. The molecule has 1 saturated heterocycles. The van der Waals surface area contributed by atoms with Gasteiger partial charge in [-0.25, -0.2) is 4.79 Å². The fraction of sp³-hybridized carbons (Fsp3) is 0.667. The van der Waals surface area contributed by atoms with Gasteiger partial charge in [0.05, 0.1) is 19.3 Å². The number of carbonyl (C=O) groups is 1. The minimum atomic E-state index is -0.245. The van der Waals surface area contributed by atoms with E-state index >= 15 is 0 Å². The van der Waals surface area contributed by atoms with Crippen molar-refractivity contribution in [3.63, 3.8) is 0 Å². The molecule has 1 N–H and O–H groups in total. The van der Waals surface area contributed by atoms with Crippen molar-refractivity contribution in [1.29, 1.82) is 0 Å². The largest absolute Gasteiger partial charge is 0.445 e. The zero-order chi connectivity index (χ0) is 18.2. The maximum Gasteiger partial charge on any atom is 0.410 e. The predicted molar refractivity (Wildman–Crippen MR) is 102 cm³/mol. The smallest absolute Gasteiger partial charge is 0.410 e. The van der Waals surface area contributed by atoms with Gasteiger partial charge in [0.25, 0.3) is 0 Å². The van der Waals surface area contributed by atoms with Gasteiger partial charge in [-0.05, 0) is 30.7 Å². The normalized spacial score (nSPS) is 27.0. The van der Waals surface area contributed by atoms with Crippen LogP contribution in [0.15, 0.2) is 30.3 Å². The van der Waals surface area contributed by atoms with Crippen LogP contribution in [0, 0.1) is 5.92 Å². The summed E-state index contributed by atoms with van der Waals surface area (Å²) in [6.07, 6.45) is 6.26. The van der Waals surface area contributed by atoms with Crippen molar-refractivity contribution < 1.29 is 14.3 Å². The average Bonchev–Trinajstić information content (AvgIpc) is 2.89. The summed E-state index contributed by atoms with van der Waals surface area (Å²) >= 11 is 0. The molecule has 1 aromatic carbocycles. The van der Waals surface area contributed by atoms with Crippen LogP contribution in [0.4, 0.5) is 4.79 Å². The molecule has 1 aromatic rings. The highest BCUT2D eigenvalue weighted by molar-refractivity contribution is 5.67. The highest BCUT2D eigenvalue weighted by atomic mass is 16.6. The van der Waals surface area contributed by atoms with Gasteiger partial charge < -0.3 is 19.7 Å². The molecule has 144 valence electrons. The van der Waals surface area contributed by atoms with E-state index < -0.39 is 0 Å². The Bertz CT molecular complexity index is 551. The molecular formula is C21H32N2O3. The molecule has 3 rings (SSSR count). The van der Waals surface area contributed by atoms with Crippen LogP contribution in [0.5, 0.6) is 0 Å². The summed E-state index contributed by atoms with van der Waals surface area (Å²) in [6.45, 7) is 5.26. The topological polar surface area (TPSA) is 50.8 Å². The quantitative estimate of drug-likeness (QED) is 0.816. The molecular weight excluding hydrogens is 328 g/mol.